The Balaban J connectivity index is 0.00000247. The molecule has 3 rings (SSSR count). The molecule has 1 aliphatic rings. The van der Waals surface area contributed by atoms with Crippen molar-refractivity contribution in [2.75, 3.05) is 18.9 Å². The third-order valence-electron chi connectivity index (χ3n) is 5.47. The summed E-state index contributed by atoms with van der Waals surface area (Å²) < 4.78 is 0. The summed E-state index contributed by atoms with van der Waals surface area (Å²) in [5.74, 6) is 1.36. The van der Waals surface area contributed by atoms with Gasteiger partial charge in [0.15, 0.2) is 0 Å². The maximum atomic E-state index is 13.3. The van der Waals surface area contributed by atoms with E-state index in [-0.39, 0.29) is 12.5 Å². The van der Waals surface area contributed by atoms with Crippen molar-refractivity contribution in [2.45, 2.75) is 47.6 Å². The molecule has 5 N–H and O–H groups in total. The molecule has 0 spiro atoms. The Hall–Kier alpha value is -3.98. The summed E-state index contributed by atoms with van der Waals surface area (Å²) in [5, 5.41) is 9.76. The van der Waals surface area contributed by atoms with Crippen LogP contribution in [0.4, 0.5) is 5.82 Å². The van der Waals surface area contributed by atoms with Gasteiger partial charge >= 0.3 is 0 Å². The third kappa shape index (κ3) is 8.01. The number of carbonyl (C=O) groups excluding carboxylic acids is 1. The van der Waals surface area contributed by atoms with Crippen LogP contribution in [-0.4, -0.2) is 42.5 Å². The standard InChI is InChI=1S/C26H31ClN8O.C2H6/c1-15-8-9-20(21(27)11-15)23-22(25(36)31-14-19(12-28)13-29-5)17(3)32-26(35-23)34-18(4)33-24-16(2)7-6-10-30-24;1-2/h6-13,23H,14,28H2,1-5H3,(H,31,36)(H2,30,32,33,34,35);1-2H3/b19-12+,29-13?;. The SMILES string of the molecule is CC.CN=C/C(=C\N)CNC(=O)C1=C(C)NC(/N=C(/C)Nc2ncccc2C)=NC1c1ccc(C)cc1Cl. The monoisotopic (exact) mass is 536 g/mol. The van der Waals surface area contributed by atoms with E-state index in [1.165, 1.54) is 6.20 Å². The number of guanidine groups is 1. The summed E-state index contributed by atoms with van der Waals surface area (Å²) in [6.07, 6.45) is 4.72. The number of hydrogen-bond acceptors (Lipinski definition) is 7. The van der Waals surface area contributed by atoms with Crippen LogP contribution in [0, 0.1) is 13.8 Å². The highest BCUT2D eigenvalue weighted by Crippen LogP contribution is 2.35. The fourth-order valence-corrected chi connectivity index (χ4v) is 3.99. The number of nitrogens with zero attached hydrogens (tertiary/aromatic N) is 4. The number of nitrogens with one attached hydrogen (secondary N) is 3. The first-order valence-corrected chi connectivity index (χ1v) is 12.8. The quantitative estimate of drug-likeness (QED) is 0.310. The summed E-state index contributed by atoms with van der Waals surface area (Å²) in [6, 6.07) is 8.85. The van der Waals surface area contributed by atoms with E-state index in [9.17, 15) is 4.79 Å². The first kappa shape index (κ1) is 30.2. The van der Waals surface area contributed by atoms with Crippen molar-refractivity contribution < 1.29 is 4.79 Å². The average molecular weight is 537 g/mol. The molecule has 0 saturated carbocycles. The highest BCUT2D eigenvalue weighted by atomic mass is 35.5. The number of aliphatic imine (C=N–C) groups is 3. The van der Waals surface area contributed by atoms with Crippen LogP contribution < -0.4 is 21.7 Å². The lowest BCUT2D eigenvalue weighted by Gasteiger charge is -2.26. The highest BCUT2D eigenvalue weighted by molar-refractivity contribution is 6.31. The van der Waals surface area contributed by atoms with E-state index in [1.54, 1.807) is 19.5 Å². The van der Waals surface area contributed by atoms with E-state index in [2.05, 4.69) is 30.9 Å². The Morgan fingerprint density at radius 3 is 2.61 bits per heavy atom. The molecule has 1 atom stereocenters. The topological polar surface area (TPSA) is 129 Å². The molecular formula is C28H37ClN8O. The van der Waals surface area contributed by atoms with Crippen molar-refractivity contribution in [3.05, 3.63) is 81.3 Å². The van der Waals surface area contributed by atoms with Gasteiger partial charge in [0.2, 0.25) is 5.96 Å². The summed E-state index contributed by atoms with van der Waals surface area (Å²) in [5.41, 5.74) is 10.1. The van der Waals surface area contributed by atoms with Gasteiger partial charge in [0.25, 0.3) is 5.91 Å². The number of aromatic nitrogens is 1. The van der Waals surface area contributed by atoms with Gasteiger partial charge < -0.3 is 21.7 Å². The van der Waals surface area contributed by atoms with Crippen LogP contribution in [0.2, 0.25) is 5.02 Å². The molecule has 10 heteroatoms. The fourth-order valence-electron chi connectivity index (χ4n) is 3.66. The van der Waals surface area contributed by atoms with E-state index < -0.39 is 6.04 Å². The maximum absolute atomic E-state index is 13.3. The van der Waals surface area contributed by atoms with E-state index >= 15 is 0 Å². The molecule has 2 heterocycles. The Morgan fingerprint density at radius 2 is 1.97 bits per heavy atom. The van der Waals surface area contributed by atoms with Crippen molar-refractivity contribution in [3.63, 3.8) is 0 Å². The largest absolute Gasteiger partial charge is 0.404 e. The maximum Gasteiger partial charge on any atom is 0.251 e. The number of benzene rings is 1. The number of allylic oxidation sites excluding steroid dienone is 1. The Labute approximate surface area is 230 Å². The second kappa shape index (κ2) is 14.7. The number of hydrogen-bond donors (Lipinski definition) is 4. The van der Waals surface area contributed by atoms with Crippen LogP contribution in [0.3, 0.4) is 0 Å². The third-order valence-corrected chi connectivity index (χ3v) is 5.80. The number of aryl methyl sites for hydroxylation is 2. The van der Waals surface area contributed by atoms with E-state index in [1.807, 2.05) is 71.9 Å². The lowest BCUT2D eigenvalue weighted by atomic mass is 9.95. The molecule has 0 bridgehead atoms. The second-order valence-corrected chi connectivity index (χ2v) is 8.75. The molecule has 0 radical (unpaired) electrons. The number of anilines is 1. The summed E-state index contributed by atoms with van der Waals surface area (Å²) in [7, 11) is 1.64. The van der Waals surface area contributed by atoms with Gasteiger partial charge in [-0.15, -0.1) is 0 Å². The van der Waals surface area contributed by atoms with Crippen molar-refractivity contribution >= 4 is 41.3 Å². The van der Waals surface area contributed by atoms with E-state index in [0.717, 1.165) is 11.1 Å². The van der Waals surface area contributed by atoms with Gasteiger partial charge in [0.05, 0.1) is 5.57 Å². The van der Waals surface area contributed by atoms with Gasteiger partial charge in [-0.1, -0.05) is 43.6 Å². The van der Waals surface area contributed by atoms with Crippen molar-refractivity contribution in [1.29, 1.82) is 0 Å². The van der Waals surface area contributed by atoms with E-state index in [4.69, 9.17) is 22.3 Å². The molecule has 0 fully saturated rings. The number of carbonyl (C=O) groups is 1. The van der Waals surface area contributed by atoms with Crippen LogP contribution in [0.15, 0.2) is 74.5 Å². The zero-order valence-corrected chi connectivity index (χ0v) is 23.8. The van der Waals surface area contributed by atoms with Gasteiger partial charge in [-0.3, -0.25) is 9.79 Å². The van der Waals surface area contributed by atoms with Gasteiger partial charge in [0.1, 0.15) is 17.7 Å². The summed E-state index contributed by atoms with van der Waals surface area (Å²) >= 11 is 6.61. The predicted molar refractivity (Wildman–Crippen MR) is 159 cm³/mol. The number of rotatable bonds is 6. The van der Waals surface area contributed by atoms with Gasteiger partial charge in [-0.25, -0.2) is 15.0 Å². The van der Waals surface area contributed by atoms with Gasteiger partial charge in [-0.05, 0) is 51.0 Å². The molecule has 9 nitrogen and oxygen atoms in total. The molecule has 2 aromatic rings. The second-order valence-electron chi connectivity index (χ2n) is 8.35. The predicted octanol–water partition coefficient (Wildman–Crippen LogP) is 4.84. The normalized spacial score (nSPS) is 15.9. The first-order valence-electron chi connectivity index (χ1n) is 12.4. The average Bonchev–Trinajstić information content (AvgIpc) is 2.88. The number of amidine groups is 1. The fraction of sp³-hybridized carbons (Fsp3) is 0.321. The Kier molecular flexibility index (Phi) is 11.7. The minimum atomic E-state index is -0.660. The summed E-state index contributed by atoms with van der Waals surface area (Å²) in [6.45, 7) is 11.8. The van der Waals surface area contributed by atoms with Crippen LogP contribution >= 0.6 is 11.6 Å². The molecule has 1 amide bonds. The Bertz CT molecular complexity index is 1290. The number of pyridine rings is 1. The van der Waals surface area contributed by atoms with Crippen molar-refractivity contribution in [2.24, 2.45) is 20.7 Å². The minimum absolute atomic E-state index is 0.221. The Morgan fingerprint density at radius 1 is 1.24 bits per heavy atom. The van der Waals surface area contributed by atoms with Gasteiger partial charge in [-0.2, -0.15) is 0 Å². The molecule has 1 unspecified atom stereocenters. The minimum Gasteiger partial charge on any atom is -0.404 e. The van der Waals surface area contributed by atoms with Crippen LogP contribution in [-0.2, 0) is 4.79 Å². The lowest BCUT2D eigenvalue weighted by molar-refractivity contribution is -0.117. The zero-order valence-electron chi connectivity index (χ0n) is 23.1. The first-order chi connectivity index (χ1) is 18.2. The molecule has 1 aliphatic heterocycles. The lowest BCUT2D eigenvalue weighted by Crippen LogP contribution is -2.37. The number of halogens is 1. The van der Waals surface area contributed by atoms with Crippen molar-refractivity contribution in [3.8, 4) is 0 Å². The van der Waals surface area contributed by atoms with Gasteiger partial charge in [0, 0.05) is 54.1 Å². The molecule has 38 heavy (non-hydrogen) atoms. The summed E-state index contributed by atoms with van der Waals surface area (Å²) in [4.78, 5) is 31.0. The van der Waals surface area contributed by atoms with Crippen LogP contribution in [0.5, 0.6) is 0 Å². The highest BCUT2D eigenvalue weighted by Gasteiger charge is 2.30. The molecule has 1 aromatic carbocycles. The molecule has 0 aliphatic carbocycles. The number of amides is 1. The van der Waals surface area contributed by atoms with E-state index in [0.29, 0.717) is 45.0 Å². The smallest absolute Gasteiger partial charge is 0.251 e. The van der Waals surface area contributed by atoms with Crippen molar-refractivity contribution in [1.82, 2.24) is 15.6 Å². The molecular weight excluding hydrogens is 500 g/mol. The molecule has 1 aromatic heterocycles. The molecule has 0 saturated heterocycles. The zero-order chi connectivity index (χ0) is 28.2. The van der Waals surface area contributed by atoms with Crippen LogP contribution in [0.25, 0.3) is 0 Å². The molecule has 202 valence electrons. The van der Waals surface area contributed by atoms with Crippen LogP contribution in [0.1, 0.15) is 50.4 Å². The number of nitrogens with two attached hydrogens (primary N) is 1.